The minimum atomic E-state index is -0.463. The topological polar surface area (TPSA) is 85.1 Å². The molecule has 1 N–H and O–H groups in total. The van der Waals surface area contributed by atoms with Gasteiger partial charge >= 0.3 is 0 Å². The summed E-state index contributed by atoms with van der Waals surface area (Å²) in [5.41, 5.74) is 1.67. The maximum atomic E-state index is 11.8. The lowest BCUT2D eigenvalue weighted by Crippen LogP contribution is -2.07. The number of hydrogen-bond acceptors (Lipinski definition) is 5. The van der Waals surface area contributed by atoms with Crippen LogP contribution in [-0.4, -0.2) is 15.8 Å². The highest BCUT2D eigenvalue weighted by molar-refractivity contribution is 7.14. The second-order valence-electron chi connectivity index (χ2n) is 4.90. The van der Waals surface area contributed by atoms with Gasteiger partial charge in [-0.2, -0.15) is 0 Å². The van der Waals surface area contributed by atoms with Crippen molar-refractivity contribution >= 4 is 34.1 Å². The van der Waals surface area contributed by atoms with Crippen molar-refractivity contribution in [2.75, 3.05) is 5.32 Å². The van der Waals surface area contributed by atoms with Crippen LogP contribution in [0, 0.1) is 10.1 Å². The molecular formula is C15H15N3O3S. The van der Waals surface area contributed by atoms with Crippen molar-refractivity contribution in [3.8, 4) is 0 Å². The Labute approximate surface area is 131 Å². The predicted molar refractivity (Wildman–Crippen MR) is 87.0 cm³/mol. The Morgan fingerprint density at radius 1 is 1.36 bits per heavy atom. The predicted octanol–water partition coefficient (Wildman–Crippen LogP) is 3.83. The fourth-order valence-electron chi connectivity index (χ4n) is 1.63. The number of thiazole rings is 1. The minimum absolute atomic E-state index is 0.0191. The van der Waals surface area contributed by atoms with Crippen molar-refractivity contribution in [3.05, 3.63) is 57.1 Å². The molecule has 114 valence electrons. The molecule has 0 saturated carbocycles. The molecule has 0 bridgehead atoms. The van der Waals surface area contributed by atoms with Gasteiger partial charge in [0.2, 0.25) is 5.91 Å². The maximum Gasteiger partial charge on any atom is 0.269 e. The second-order valence-corrected chi connectivity index (χ2v) is 5.76. The Hall–Kier alpha value is -2.54. The number of carbonyl (C=O) groups excluding carboxylic acids is 1. The standard InChI is InChI=1S/C15H15N3O3S/c1-10(2)13-9-22-15(16-13)17-14(19)8-5-11-3-6-12(7-4-11)18(20)21/h3-10H,1-2H3,(H,16,17,19)/b8-5-. The number of amides is 1. The third-order valence-corrected chi connectivity index (χ3v) is 3.65. The zero-order valence-electron chi connectivity index (χ0n) is 12.1. The molecule has 0 spiro atoms. The van der Waals surface area contributed by atoms with Crippen LogP contribution in [0.5, 0.6) is 0 Å². The first-order valence-corrected chi connectivity index (χ1v) is 7.52. The van der Waals surface area contributed by atoms with Crippen LogP contribution in [0.3, 0.4) is 0 Å². The highest BCUT2D eigenvalue weighted by Gasteiger charge is 2.07. The SMILES string of the molecule is CC(C)c1csc(NC(=O)/C=C\c2ccc([N+](=O)[O-])cc2)n1. The Morgan fingerprint density at radius 3 is 2.59 bits per heavy atom. The van der Waals surface area contributed by atoms with Crippen molar-refractivity contribution in [2.24, 2.45) is 0 Å². The molecule has 1 heterocycles. The molecule has 2 rings (SSSR count). The molecule has 0 saturated heterocycles. The molecule has 22 heavy (non-hydrogen) atoms. The molecule has 1 amide bonds. The van der Waals surface area contributed by atoms with Crippen molar-refractivity contribution in [1.82, 2.24) is 4.98 Å². The van der Waals surface area contributed by atoms with Gasteiger partial charge in [-0.25, -0.2) is 4.98 Å². The Bertz CT molecular complexity index is 705. The molecule has 0 atom stereocenters. The number of hydrogen-bond donors (Lipinski definition) is 1. The molecule has 2 aromatic rings. The normalized spacial score (nSPS) is 11.0. The molecule has 1 aromatic heterocycles. The van der Waals surface area contributed by atoms with Gasteiger partial charge in [0.05, 0.1) is 10.6 Å². The van der Waals surface area contributed by atoms with E-state index in [2.05, 4.69) is 10.3 Å². The maximum absolute atomic E-state index is 11.8. The number of non-ortho nitro benzene ring substituents is 1. The summed E-state index contributed by atoms with van der Waals surface area (Å²) in [6.45, 7) is 4.07. The van der Waals surface area contributed by atoms with E-state index in [1.807, 2.05) is 19.2 Å². The van der Waals surface area contributed by atoms with E-state index in [1.54, 1.807) is 18.2 Å². The highest BCUT2D eigenvalue weighted by Crippen LogP contribution is 2.21. The lowest BCUT2D eigenvalue weighted by Gasteiger charge is -1.98. The summed E-state index contributed by atoms with van der Waals surface area (Å²) in [4.78, 5) is 26.2. The largest absolute Gasteiger partial charge is 0.298 e. The summed E-state index contributed by atoms with van der Waals surface area (Å²) in [5, 5.41) is 15.7. The van der Waals surface area contributed by atoms with Gasteiger partial charge in [0.15, 0.2) is 5.13 Å². The molecule has 0 aliphatic rings. The quantitative estimate of drug-likeness (QED) is 0.516. The van der Waals surface area contributed by atoms with Crippen molar-refractivity contribution in [2.45, 2.75) is 19.8 Å². The first-order chi connectivity index (χ1) is 10.5. The van der Waals surface area contributed by atoms with Gasteiger partial charge in [-0.05, 0) is 29.7 Å². The van der Waals surface area contributed by atoms with E-state index >= 15 is 0 Å². The van der Waals surface area contributed by atoms with Gasteiger partial charge in [-0.3, -0.25) is 20.2 Å². The molecular weight excluding hydrogens is 302 g/mol. The number of nitro groups is 1. The lowest BCUT2D eigenvalue weighted by atomic mass is 10.2. The zero-order valence-corrected chi connectivity index (χ0v) is 13.0. The fourth-order valence-corrected chi connectivity index (χ4v) is 2.51. The van der Waals surface area contributed by atoms with E-state index in [0.717, 1.165) is 5.69 Å². The van der Waals surface area contributed by atoms with Crippen LogP contribution in [-0.2, 0) is 4.79 Å². The monoisotopic (exact) mass is 317 g/mol. The molecule has 0 fully saturated rings. The number of rotatable bonds is 5. The average molecular weight is 317 g/mol. The number of aromatic nitrogens is 1. The molecule has 0 unspecified atom stereocenters. The van der Waals surface area contributed by atoms with E-state index < -0.39 is 4.92 Å². The Balaban J connectivity index is 1.97. The van der Waals surface area contributed by atoms with Crippen molar-refractivity contribution in [3.63, 3.8) is 0 Å². The second kappa shape index (κ2) is 6.95. The summed E-state index contributed by atoms with van der Waals surface area (Å²) >= 11 is 1.38. The van der Waals surface area contributed by atoms with E-state index in [9.17, 15) is 14.9 Å². The Morgan fingerprint density at radius 2 is 2.05 bits per heavy atom. The van der Waals surface area contributed by atoms with Crippen LogP contribution in [0.4, 0.5) is 10.8 Å². The van der Waals surface area contributed by atoms with Gasteiger partial charge in [-0.15, -0.1) is 11.3 Å². The summed E-state index contributed by atoms with van der Waals surface area (Å²) in [6, 6.07) is 5.96. The molecule has 0 aliphatic heterocycles. The minimum Gasteiger partial charge on any atom is -0.298 e. The van der Waals surface area contributed by atoms with Crippen LogP contribution in [0.1, 0.15) is 31.0 Å². The number of nitro benzene ring substituents is 1. The number of anilines is 1. The molecule has 0 aliphatic carbocycles. The molecule has 6 nitrogen and oxygen atoms in total. The van der Waals surface area contributed by atoms with E-state index in [0.29, 0.717) is 16.6 Å². The first kappa shape index (κ1) is 15.8. The summed E-state index contributed by atoms with van der Waals surface area (Å²) in [6.07, 6.45) is 2.97. The van der Waals surface area contributed by atoms with Crippen molar-refractivity contribution < 1.29 is 9.72 Å². The van der Waals surface area contributed by atoms with Crippen LogP contribution >= 0.6 is 11.3 Å². The van der Waals surface area contributed by atoms with E-state index in [4.69, 9.17) is 0 Å². The van der Waals surface area contributed by atoms with E-state index in [1.165, 1.54) is 29.5 Å². The van der Waals surface area contributed by atoms with Crippen LogP contribution in [0.25, 0.3) is 6.08 Å². The van der Waals surface area contributed by atoms with E-state index in [-0.39, 0.29) is 11.6 Å². The van der Waals surface area contributed by atoms with Crippen LogP contribution < -0.4 is 5.32 Å². The van der Waals surface area contributed by atoms with Gasteiger partial charge in [-0.1, -0.05) is 13.8 Å². The number of carbonyl (C=O) groups is 1. The molecule has 7 heteroatoms. The van der Waals surface area contributed by atoms with Crippen molar-refractivity contribution in [1.29, 1.82) is 0 Å². The van der Waals surface area contributed by atoms with Gasteiger partial charge in [0, 0.05) is 23.6 Å². The molecule has 1 aromatic carbocycles. The van der Waals surface area contributed by atoms with Crippen LogP contribution in [0.2, 0.25) is 0 Å². The Kier molecular flexibility index (Phi) is 5.00. The average Bonchev–Trinajstić information content (AvgIpc) is 2.94. The first-order valence-electron chi connectivity index (χ1n) is 6.64. The third kappa shape index (κ3) is 4.23. The number of benzene rings is 1. The smallest absolute Gasteiger partial charge is 0.269 e. The lowest BCUT2D eigenvalue weighted by molar-refractivity contribution is -0.384. The van der Waals surface area contributed by atoms with Crippen LogP contribution in [0.15, 0.2) is 35.7 Å². The summed E-state index contributed by atoms with van der Waals surface area (Å²) in [5.74, 6) is 0.0283. The summed E-state index contributed by atoms with van der Waals surface area (Å²) in [7, 11) is 0. The fraction of sp³-hybridized carbons (Fsp3) is 0.200. The number of nitrogens with zero attached hydrogens (tertiary/aromatic N) is 2. The van der Waals surface area contributed by atoms with Gasteiger partial charge in [0.25, 0.3) is 5.69 Å². The third-order valence-electron chi connectivity index (χ3n) is 2.87. The van der Waals surface area contributed by atoms with Gasteiger partial charge < -0.3 is 0 Å². The molecule has 0 radical (unpaired) electrons. The summed E-state index contributed by atoms with van der Waals surface area (Å²) < 4.78 is 0. The zero-order chi connectivity index (χ0) is 16.1. The highest BCUT2D eigenvalue weighted by atomic mass is 32.1. The van der Waals surface area contributed by atoms with Gasteiger partial charge in [0.1, 0.15) is 0 Å². The number of nitrogens with one attached hydrogen (secondary N) is 1.